The molecule has 50 heavy (non-hydrogen) atoms. The summed E-state index contributed by atoms with van der Waals surface area (Å²) >= 11 is 0. The Labute approximate surface area is 288 Å². The van der Waals surface area contributed by atoms with Crippen LogP contribution in [0.15, 0.2) is 121 Å². The lowest BCUT2D eigenvalue weighted by atomic mass is 9.82. The van der Waals surface area contributed by atoms with E-state index < -0.39 is 22.3 Å². The zero-order chi connectivity index (χ0) is 35.3. The number of hydrogen-bond donors (Lipinski definition) is 3. The molecule has 0 aliphatic carbocycles. The quantitative estimate of drug-likeness (QED) is 0.0829. The number of aromatic nitrogens is 3. The van der Waals surface area contributed by atoms with Crippen LogP contribution in [-0.4, -0.2) is 48.6 Å². The number of allylic oxidation sites excluding steroid dienone is 1. The molecule has 1 aliphatic rings. The van der Waals surface area contributed by atoms with Gasteiger partial charge in [-0.2, -0.15) is 0 Å². The summed E-state index contributed by atoms with van der Waals surface area (Å²) in [4.78, 5) is 39.1. The van der Waals surface area contributed by atoms with E-state index in [-0.39, 0.29) is 36.2 Å². The molecule has 0 saturated carbocycles. The van der Waals surface area contributed by atoms with Crippen molar-refractivity contribution < 1.29 is 24.7 Å². The smallest absolute Gasteiger partial charge is 0.269 e. The Kier molecular flexibility index (Phi) is 9.93. The fourth-order valence-electron chi connectivity index (χ4n) is 6.16. The van der Waals surface area contributed by atoms with Crippen molar-refractivity contribution in [1.82, 2.24) is 15.0 Å². The number of hydrogen-bond acceptors (Lipinski definition) is 8. The zero-order valence-electron chi connectivity index (χ0n) is 27.3. The van der Waals surface area contributed by atoms with Crippen molar-refractivity contribution >= 4 is 28.9 Å². The maximum Gasteiger partial charge on any atom is 0.269 e. The van der Waals surface area contributed by atoms with Crippen LogP contribution >= 0.6 is 0 Å². The highest BCUT2D eigenvalue weighted by molar-refractivity contribution is 6.07. The number of non-ortho nitro benzene ring substituents is 1. The molecule has 2 amide bonds. The van der Waals surface area contributed by atoms with Gasteiger partial charge in [-0.05, 0) is 47.9 Å². The number of rotatable bonds is 13. The number of amides is 2. The summed E-state index contributed by atoms with van der Waals surface area (Å²) in [6.45, 7) is 2.15. The van der Waals surface area contributed by atoms with Crippen LogP contribution < -0.4 is 10.2 Å². The van der Waals surface area contributed by atoms with Gasteiger partial charge in [0.15, 0.2) is 5.60 Å². The van der Waals surface area contributed by atoms with Gasteiger partial charge >= 0.3 is 0 Å². The first-order valence-electron chi connectivity index (χ1n) is 16.2. The predicted octanol–water partition coefficient (Wildman–Crippen LogP) is 5.58. The maximum atomic E-state index is 14.0. The first kappa shape index (κ1) is 33.9. The molecule has 0 spiro atoms. The van der Waals surface area contributed by atoms with E-state index in [9.17, 15) is 29.9 Å². The minimum Gasteiger partial charge on any atom is -0.395 e. The van der Waals surface area contributed by atoms with E-state index in [0.29, 0.717) is 35.6 Å². The van der Waals surface area contributed by atoms with Crippen molar-refractivity contribution in [2.75, 3.05) is 16.8 Å². The number of benzene rings is 4. The molecule has 1 aromatic heterocycles. The number of aryl methyl sites for hydroxylation is 1. The van der Waals surface area contributed by atoms with Crippen molar-refractivity contribution in [1.29, 1.82) is 0 Å². The van der Waals surface area contributed by atoms with Gasteiger partial charge in [0.05, 0.1) is 35.4 Å². The lowest BCUT2D eigenvalue weighted by Crippen LogP contribution is -2.44. The Balaban J connectivity index is 1.15. The van der Waals surface area contributed by atoms with Crippen LogP contribution in [0, 0.1) is 16.0 Å². The Morgan fingerprint density at radius 2 is 1.72 bits per heavy atom. The monoisotopic (exact) mass is 672 g/mol. The fraction of sp³-hybridized carbons (Fsp3) is 0.211. The topological polar surface area (TPSA) is 164 Å². The van der Waals surface area contributed by atoms with Crippen molar-refractivity contribution in [3.8, 4) is 0 Å². The Morgan fingerprint density at radius 3 is 2.40 bits per heavy atom. The van der Waals surface area contributed by atoms with E-state index in [1.807, 2.05) is 42.5 Å². The highest BCUT2D eigenvalue weighted by Crippen LogP contribution is 2.47. The molecule has 0 saturated heterocycles. The SMILES string of the molecule is C[C@@H](/C=C/CCn1cc(C(CO)c2ccccc2)nn1)[C@]1(O)C(=O)N(Cc2ccc(NC(=O)c3ccccc3)cc2)c2ccc([N+](=O)[O-])cc21. The van der Waals surface area contributed by atoms with Gasteiger partial charge in [-0.3, -0.25) is 24.4 Å². The van der Waals surface area contributed by atoms with Crippen molar-refractivity contribution in [3.05, 3.63) is 160 Å². The lowest BCUT2D eigenvalue weighted by molar-refractivity contribution is -0.385. The summed E-state index contributed by atoms with van der Waals surface area (Å²) in [5.41, 5.74) is 1.68. The van der Waals surface area contributed by atoms with Gasteiger partial charge in [0, 0.05) is 47.6 Å². The van der Waals surface area contributed by atoms with E-state index >= 15 is 0 Å². The number of aliphatic hydroxyl groups excluding tert-OH is 1. The van der Waals surface area contributed by atoms with Crippen molar-refractivity contribution in [2.24, 2.45) is 5.92 Å². The number of aliphatic hydroxyl groups is 2. The average molecular weight is 673 g/mol. The van der Waals surface area contributed by atoms with Crippen LogP contribution in [0.5, 0.6) is 0 Å². The third-order valence-corrected chi connectivity index (χ3v) is 8.96. The molecular formula is C38H36N6O6. The second kappa shape index (κ2) is 14.6. The van der Waals surface area contributed by atoms with Crippen LogP contribution in [0.25, 0.3) is 0 Å². The average Bonchev–Trinajstić information content (AvgIpc) is 3.69. The predicted molar refractivity (Wildman–Crippen MR) is 187 cm³/mol. The first-order chi connectivity index (χ1) is 24.2. The van der Waals surface area contributed by atoms with Gasteiger partial charge in [0.2, 0.25) is 0 Å². The summed E-state index contributed by atoms with van der Waals surface area (Å²) in [6, 6.07) is 29.5. The van der Waals surface area contributed by atoms with Crippen LogP contribution in [-0.2, 0) is 23.5 Å². The number of nitro groups is 1. The van der Waals surface area contributed by atoms with Gasteiger partial charge in [0.1, 0.15) is 0 Å². The molecule has 0 bridgehead atoms. The molecular weight excluding hydrogens is 636 g/mol. The zero-order valence-corrected chi connectivity index (χ0v) is 27.3. The molecule has 1 aliphatic heterocycles. The number of carbonyl (C=O) groups excluding carboxylic acids is 2. The largest absolute Gasteiger partial charge is 0.395 e. The first-order valence-corrected chi connectivity index (χ1v) is 16.2. The Bertz CT molecular complexity index is 2010. The van der Waals surface area contributed by atoms with Crippen molar-refractivity contribution in [3.63, 3.8) is 0 Å². The van der Waals surface area contributed by atoms with Gasteiger partial charge in [-0.25, -0.2) is 0 Å². The number of carbonyl (C=O) groups is 2. The molecule has 12 heteroatoms. The molecule has 12 nitrogen and oxygen atoms in total. The molecule has 2 heterocycles. The van der Waals surface area contributed by atoms with Gasteiger partial charge in [0.25, 0.3) is 17.5 Å². The van der Waals surface area contributed by atoms with E-state index in [1.54, 1.807) is 72.4 Å². The number of anilines is 2. The molecule has 1 unspecified atom stereocenters. The summed E-state index contributed by atoms with van der Waals surface area (Å²) in [5.74, 6) is -1.88. The van der Waals surface area contributed by atoms with E-state index in [0.717, 1.165) is 11.1 Å². The fourth-order valence-corrected chi connectivity index (χ4v) is 6.16. The second-order valence-corrected chi connectivity index (χ2v) is 12.2. The lowest BCUT2D eigenvalue weighted by Gasteiger charge is -2.27. The van der Waals surface area contributed by atoms with Crippen LogP contribution in [0.2, 0.25) is 0 Å². The maximum absolute atomic E-state index is 14.0. The summed E-state index contributed by atoms with van der Waals surface area (Å²) in [6.07, 6.45) is 5.86. The molecule has 254 valence electrons. The van der Waals surface area contributed by atoms with E-state index in [4.69, 9.17) is 0 Å². The minimum atomic E-state index is -2.05. The van der Waals surface area contributed by atoms with Gasteiger partial charge in [-0.15, -0.1) is 5.10 Å². The summed E-state index contributed by atoms with van der Waals surface area (Å²) in [7, 11) is 0. The van der Waals surface area contributed by atoms with Crippen molar-refractivity contribution in [2.45, 2.75) is 38.0 Å². The summed E-state index contributed by atoms with van der Waals surface area (Å²) < 4.78 is 1.67. The minimum absolute atomic E-state index is 0.0990. The Morgan fingerprint density at radius 1 is 1.02 bits per heavy atom. The molecule has 3 N–H and O–H groups in total. The standard InChI is InChI=1S/C38H36N6O6/c1-26(10-8-9-21-42-24-34(40-41-42)32(25-45)28-11-4-2-5-12-28)38(48)33-22-31(44(49)50)19-20-35(33)43(37(38)47)23-27-15-17-30(18-16-27)39-36(46)29-13-6-3-7-14-29/h2-8,10-20,22,24,26,32,45,48H,9,21,23,25H2,1H3,(H,39,46)/b10-8+/t26-,32?,38+/m0/s1. The van der Waals surface area contributed by atoms with E-state index in [2.05, 4.69) is 15.6 Å². The normalized spacial score (nSPS) is 16.7. The number of nitro benzene ring substituents is 1. The second-order valence-electron chi connectivity index (χ2n) is 12.2. The molecule has 0 fully saturated rings. The molecule has 5 aromatic rings. The molecule has 6 rings (SSSR count). The molecule has 4 aromatic carbocycles. The summed E-state index contributed by atoms with van der Waals surface area (Å²) in [5, 5.41) is 45.0. The molecule has 3 atom stereocenters. The van der Waals surface area contributed by atoms with Gasteiger partial charge in [-0.1, -0.05) is 85.0 Å². The third kappa shape index (κ3) is 6.93. The van der Waals surface area contributed by atoms with Gasteiger partial charge < -0.3 is 20.4 Å². The van der Waals surface area contributed by atoms with E-state index in [1.165, 1.54) is 23.1 Å². The van der Waals surface area contributed by atoms with Crippen LogP contribution in [0.1, 0.15) is 52.0 Å². The number of fused-ring (bicyclic) bond motifs is 1. The number of nitrogens with one attached hydrogen (secondary N) is 1. The third-order valence-electron chi connectivity index (χ3n) is 8.96. The number of nitrogens with zero attached hydrogens (tertiary/aromatic N) is 5. The molecule has 0 radical (unpaired) electrons. The van der Waals surface area contributed by atoms with Crippen LogP contribution in [0.4, 0.5) is 17.1 Å². The highest BCUT2D eigenvalue weighted by Gasteiger charge is 2.53. The highest BCUT2D eigenvalue weighted by atomic mass is 16.6. The Hall–Kier alpha value is -5.98. The van der Waals surface area contributed by atoms with Crippen LogP contribution in [0.3, 0.4) is 0 Å².